The summed E-state index contributed by atoms with van der Waals surface area (Å²) >= 11 is 5.63. The molecule has 0 spiro atoms. The van der Waals surface area contributed by atoms with E-state index in [2.05, 4.69) is 19.1 Å². The molecule has 33 heavy (non-hydrogen) atoms. The third-order valence-electron chi connectivity index (χ3n) is 6.29. The lowest BCUT2D eigenvalue weighted by molar-refractivity contribution is -0.137. The van der Waals surface area contributed by atoms with E-state index >= 15 is 0 Å². The van der Waals surface area contributed by atoms with E-state index in [1.807, 2.05) is 23.2 Å². The molecule has 1 aliphatic heterocycles. The van der Waals surface area contributed by atoms with Gasteiger partial charge in [0.2, 0.25) is 5.24 Å². The second kappa shape index (κ2) is 9.64. The van der Waals surface area contributed by atoms with Crippen LogP contribution in [0.3, 0.4) is 0 Å². The van der Waals surface area contributed by atoms with Crippen molar-refractivity contribution in [1.29, 1.82) is 0 Å². The van der Waals surface area contributed by atoms with Crippen LogP contribution in [-0.2, 0) is 23.8 Å². The minimum atomic E-state index is -4.31. The average molecular weight is 476 g/mol. The fourth-order valence-corrected chi connectivity index (χ4v) is 4.49. The van der Waals surface area contributed by atoms with Gasteiger partial charge in [-0.3, -0.25) is 4.79 Å². The molecule has 0 radical (unpaired) electrons. The van der Waals surface area contributed by atoms with Crippen LogP contribution in [0.4, 0.5) is 13.2 Å². The summed E-state index contributed by atoms with van der Waals surface area (Å²) in [6.07, 6.45) is 2.61. The van der Waals surface area contributed by atoms with E-state index in [0.717, 1.165) is 42.7 Å². The normalized spacial score (nSPS) is 17.6. The van der Waals surface area contributed by atoms with Crippen molar-refractivity contribution in [1.82, 2.24) is 4.90 Å². The Morgan fingerprint density at radius 2 is 1.91 bits per heavy atom. The molecule has 0 N–H and O–H groups in total. The van der Waals surface area contributed by atoms with Crippen LogP contribution in [0.2, 0.25) is 0 Å². The minimum Gasteiger partial charge on any atom is -0.494 e. The van der Waals surface area contributed by atoms with E-state index < -0.39 is 11.7 Å². The van der Waals surface area contributed by atoms with E-state index in [-0.39, 0.29) is 11.3 Å². The molecule has 1 aliphatic carbocycles. The van der Waals surface area contributed by atoms with Gasteiger partial charge in [0.1, 0.15) is 11.8 Å². The molecule has 2 aliphatic rings. The molecule has 1 unspecified atom stereocenters. The zero-order valence-electron chi connectivity index (χ0n) is 18.3. The molecule has 174 valence electrons. The smallest absolute Gasteiger partial charge is 0.416 e. The Kier molecular flexibility index (Phi) is 6.84. The zero-order valence-corrected chi connectivity index (χ0v) is 19.0. The summed E-state index contributed by atoms with van der Waals surface area (Å²) in [6, 6.07) is 11.1. The molecule has 2 aromatic rings. The number of alkyl halides is 3. The van der Waals surface area contributed by atoms with E-state index in [9.17, 15) is 18.0 Å². The topological polar surface area (TPSA) is 29.5 Å². The van der Waals surface area contributed by atoms with Gasteiger partial charge in [0.25, 0.3) is 0 Å². The molecular formula is C26H25ClF3NO2. The molecule has 3 nitrogen and oxygen atoms in total. The van der Waals surface area contributed by atoms with Crippen molar-refractivity contribution in [2.75, 3.05) is 13.2 Å². The van der Waals surface area contributed by atoms with Gasteiger partial charge in [-0.25, -0.2) is 0 Å². The quantitative estimate of drug-likeness (QED) is 0.327. The average Bonchev–Trinajstić information content (AvgIpc) is 2.75. The number of carbonyl (C=O) groups is 1. The van der Waals surface area contributed by atoms with Gasteiger partial charge < -0.3 is 9.64 Å². The molecular weight excluding hydrogens is 451 g/mol. The van der Waals surface area contributed by atoms with Crippen LogP contribution in [-0.4, -0.2) is 29.3 Å². The number of rotatable bonds is 8. The van der Waals surface area contributed by atoms with E-state index in [1.165, 1.54) is 34.4 Å². The summed E-state index contributed by atoms with van der Waals surface area (Å²) in [4.78, 5) is 13.4. The molecule has 1 atom stereocenters. The Balaban J connectivity index is 1.30. The number of ether oxygens (including phenoxy) is 1. The second-order valence-corrected chi connectivity index (χ2v) is 8.83. The maximum Gasteiger partial charge on any atom is 0.416 e. The summed E-state index contributed by atoms with van der Waals surface area (Å²) in [7, 11) is 0. The summed E-state index contributed by atoms with van der Waals surface area (Å²) in [5.74, 6) is 0.802. The maximum atomic E-state index is 12.7. The number of carbonyl (C=O) groups excluding carboxylic acids is 1. The summed E-state index contributed by atoms with van der Waals surface area (Å²) in [5, 5.41) is -0.355. The van der Waals surface area contributed by atoms with E-state index in [1.54, 1.807) is 0 Å². The van der Waals surface area contributed by atoms with Crippen molar-refractivity contribution in [3.8, 4) is 5.75 Å². The molecule has 0 saturated carbocycles. The fraction of sp³-hybridized carbons (Fsp3) is 0.346. The highest BCUT2D eigenvalue weighted by Crippen LogP contribution is 2.35. The van der Waals surface area contributed by atoms with Gasteiger partial charge in [0.05, 0.1) is 12.2 Å². The lowest BCUT2D eigenvalue weighted by Crippen LogP contribution is -2.42. The van der Waals surface area contributed by atoms with Crippen molar-refractivity contribution in [3.63, 3.8) is 0 Å². The first-order valence-corrected chi connectivity index (χ1v) is 11.3. The molecule has 1 heterocycles. The molecule has 0 fully saturated rings. The Labute approximate surface area is 196 Å². The van der Waals surface area contributed by atoms with Crippen molar-refractivity contribution in [2.24, 2.45) is 0 Å². The van der Waals surface area contributed by atoms with Gasteiger partial charge in [-0.2, -0.15) is 13.2 Å². The number of allylic oxidation sites excluding steroid dienone is 1. The fourth-order valence-electron chi connectivity index (χ4n) is 4.29. The Morgan fingerprint density at radius 1 is 1.15 bits per heavy atom. The second-order valence-electron chi connectivity index (χ2n) is 8.46. The number of benzene rings is 2. The molecule has 2 aromatic carbocycles. The molecule has 0 saturated heterocycles. The summed E-state index contributed by atoms with van der Waals surface area (Å²) in [6.45, 7) is 3.31. The van der Waals surface area contributed by atoms with Gasteiger partial charge >= 0.3 is 6.18 Å². The van der Waals surface area contributed by atoms with Gasteiger partial charge in [0.15, 0.2) is 0 Å². The largest absolute Gasteiger partial charge is 0.494 e. The van der Waals surface area contributed by atoms with Gasteiger partial charge in [-0.15, -0.1) is 0 Å². The van der Waals surface area contributed by atoms with E-state index in [4.69, 9.17) is 16.3 Å². The highest BCUT2D eigenvalue weighted by molar-refractivity contribution is 6.65. The maximum absolute atomic E-state index is 12.7. The molecule has 0 amide bonds. The van der Waals surface area contributed by atoms with Crippen molar-refractivity contribution < 1.29 is 22.7 Å². The standard InChI is InChI=1S/C26H25ClF3NO2/c1-17-20(16-31-13-12-24(31)25(27)32)7-6-19-15-22(10-11-23(17)19)33-14-2-3-18-4-8-21(9-5-18)26(28,29)30/h4-5,8-13,15,24H,2-3,6-7,14,16H2,1H3. The van der Waals surface area contributed by atoms with Crippen LogP contribution < -0.4 is 4.74 Å². The number of aryl methyl sites for hydroxylation is 2. The lowest BCUT2D eigenvalue weighted by atomic mass is 9.85. The predicted octanol–water partition coefficient (Wildman–Crippen LogP) is 6.40. The first-order chi connectivity index (χ1) is 15.7. The summed E-state index contributed by atoms with van der Waals surface area (Å²) in [5.41, 5.74) is 5.21. The molecule has 4 rings (SSSR count). The van der Waals surface area contributed by atoms with Crippen LogP contribution in [0, 0.1) is 0 Å². The number of halogens is 4. The lowest BCUT2D eigenvalue weighted by Gasteiger charge is -2.35. The Bertz CT molecular complexity index is 1090. The third kappa shape index (κ3) is 5.44. The number of hydrogen-bond donors (Lipinski definition) is 0. The number of hydrogen-bond acceptors (Lipinski definition) is 3. The molecule has 0 aromatic heterocycles. The summed E-state index contributed by atoms with van der Waals surface area (Å²) < 4.78 is 43.9. The van der Waals surface area contributed by atoms with Crippen molar-refractivity contribution >= 4 is 22.4 Å². The van der Waals surface area contributed by atoms with Crippen LogP contribution in [0.1, 0.15) is 42.0 Å². The SMILES string of the molecule is CC1=C(CN2C=CC2C(=O)Cl)CCc2cc(OCCCc3ccc(C(F)(F)F)cc3)ccc21. The zero-order chi connectivity index (χ0) is 23.6. The van der Waals surface area contributed by atoms with Gasteiger partial charge in [0, 0.05) is 6.54 Å². The van der Waals surface area contributed by atoms with Crippen molar-refractivity contribution in [2.45, 2.75) is 44.8 Å². The Hall–Kier alpha value is -2.73. The number of fused-ring (bicyclic) bond motifs is 1. The van der Waals surface area contributed by atoms with Crippen LogP contribution >= 0.6 is 11.6 Å². The molecule has 7 heteroatoms. The third-order valence-corrected chi connectivity index (χ3v) is 6.51. The van der Waals surface area contributed by atoms with Crippen LogP contribution in [0.5, 0.6) is 5.75 Å². The van der Waals surface area contributed by atoms with Crippen molar-refractivity contribution in [3.05, 3.63) is 82.6 Å². The Morgan fingerprint density at radius 3 is 2.55 bits per heavy atom. The monoisotopic (exact) mass is 475 g/mol. The number of nitrogens with zero attached hydrogens (tertiary/aromatic N) is 1. The highest BCUT2D eigenvalue weighted by atomic mass is 35.5. The predicted molar refractivity (Wildman–Crippen MR) is 123 cm³/mol. The highest BCUT2D eigenvalue weighted by Gasteiger charge is 2.30. The minimum absolute atomic E-state index is 0.327. The van der Waals surface area contributed by atoms with Crippen LogP contribution in [0.15, 0.2) is 60.3 Å². The van der Waals surface area contributed by atoms with E-state index in [0.29, 0.717) is 19.6 Å². The van der Waals surface area contributed by atoms with Gasteiger partial charge in [-0.1, -0.05) is 18.2 Å². The molecule has 0 bridgehead atoms. The van der Waals surface area contributed by atoms with Crippen LogP contribution in [0.25, 0.3) is 5.57 Å². The first-order valence-electron chi connectivity index (χ1n) is 11.0. The first kappa shape index (κ1) is 23.4. The van der Waals surface area contributed by atoms with Gasteiger partial charge in [-0.05, 0) is 109 Å².